The van der Waals surface area contributed by atoms with E-state index in [9.17, 15) is 0 Å². The maximum absolute atomic E-state index is 5.79. The number of piperidine rings is 2. The first-order valence-electron chi connectivity index (χ1n) is 10.7. The fraction of sp³-hybridized carbons (Fsp3) is 0.636. The van der Waals surface area contributed by atoms with Gasteiger partial charge in [-0.3, -0.25) is 0 Å². The normalized spacial score (nSPS) is 18.5. The van der Waals surface area contributed by atoms with E-state index in [0.29, 0.717) is 0 Å². The standard InChI is InChI=1S/C22H32N4S2/c1-22(2,3)20-23-17-14-18(25-10-6-4-7-11-25)16(15-19(17)28-20)24-21(27)26-12-8-5-9-13-26/h14-15H,4-13H2,1-3H3,(H,24,27). The van der Waals surface area contributed by atoms with E-state index in [1.54, 1.807) is 0 Å². The first-order chi connectivity index (χ1) is 13.4. The Morgan fingerprint density at radius 2 is 1.64 bits per heavy atom. The smallest absolute Gasteiger partial charge is 0.173 e. The third kappa shape index (κ3) is 4.28. The van der Waals surface area contributed by atoms with Crippen LogP contribution in [-0.4, -0.2) is 41.2 Å². The highest BCUT2D eigenvalue weighted by molar-refractivity contribution is 7.80. The van der Waals surface area contributed by atoms with Gasteiger partial charge in [-0.15, -0.1) is 11.3 Å². The second-order valence-electron chi connectivity index (χ2n) is 9.13. The van der Waals surface area contributed by atoms with Crippen LogP contribution in [0.5, 0.6) is 0 Å². The molecular weight excluding hydrogens is 384 g/mol. The van der Waals surface area contributed by atoms with Crippen molar-refractivity contribution in [3.63, 3.8) is 0 Å². The van der Waals surface area contributed by atoms with Gasteiger partial charge in [-0.25, -0.2) is 4.98 Å². The molecule has 152 valence electrons. The minimum Gasteiger partial charge on any atom is -0.370 e. The molecule has 0 amide bonds. The average Bonchev–Trinajstić information content (AvgIpc) is 3.12. The minimum absolute atomic E-state index is 0.0751. The molecule has 2 fully saturated rings. The number of benzene rings is 1. The predicted octanol–water partition coefficient (Wildman–Crippen LogP) is 5.77. The highest BCUT2D eigenvalue weighted by Gasteiger charge is 2.23. The Balaban J connectivity index is 1.69. The summed E-state index contributed by atoms with van der Waals surface area (Å²) in [5, 5.41) is 5.68. The van der Waals surface area contributed by atoms with Gasteiger partial charge < -0.3 is 15.1 Å². The first-order valence-corrected chi connectivity index (χ1v) is 11.9. The Bertz CT molecular complexity index is 840. The van der Waals surface area contributed by atoms with E-state index in [2.05, 4.69) is 48.0 Å². The topological polar surface area (TPSA) is 31.4 Å². The molecule has 1 aromatic carbocycles. The first kappa shape index (κ1) is 19.9. The molecular formula is C22H32N4S2. The van der Waals surface area contributed by atoms with Crippen LogP contribution in [0.25, 0.3) is 10.2 Å². The summed E-state index contributed by atoms with van der Waals surface area (Å²) in [6, 6.07) is 4.57. The van der Waals surface area contributed by atoms with Gasteiger partial charge in [0.25, 0.3) is 0 Å². The van der Waals surface area contributed by atoms with Crippen molar-refractivity contribution in [1.82, 2.24) is 9.88 Å². The molecule has 0 bridgehead atoms. The van der Waals surface area contributed by atoms with Gasteiger partial charge in [0.1, 0.15) is 0 Å². The van der Waals surface area contributed by atoms with Crippen molar-refractivity contribution in [1.29, 1.82) is 0 Å². The van der Waals surface area contributed by atoms with E-state index in [0.717, 1.165) is 42.5 Å². The Morgan fingerprint density at radius 1 is 1.00 bits per heavy atom. The number of nitrogens with zero attached hydrogens (tertiary/aromatic N) is 3. The van der Waals surface area contributed by atoms with Crippen LogP contribution in [0, 0.1) is 0 Å². The SMILES string of the molecule is CC(C)(C)c1nc2cc(N3CCCCC3)c(NC(=S)N3CCCCC3)cc2s1. The molecule has 2 aliphatic rings. The minimum atomic E-state index is 0.0751. The lowest BCUT2D eigenvalue weighted by molar-refractivity contribution is 0.346. The number of rotatable bonds is 2. The molecule has 0 aliphatic carbocycles. The highest BCUT2D eigenvalue weighted by Crippen LogP contribution is 2.38. The monoisotopic (exact) mass is 416 g/mol. The van der Waals surface area contributed by atoms with Crippen LogP contribution in [0.2, 0.25) is 0 Å². The molecule has 1 aromatic heterocycles. The molecule has 6 heteroatoms. The van der Waals surface area contributed by atoms with Crippen molar-refractivity contribution in [2.45, 2.75) is 64.7 Å². The van der Waals surface area contributed by atoms with E-state index in [4.69, 9.17) is 17.2 Å². The number of nitrogens with one attached hydrogen (secondary N) is 1. The maximum Gasteiger partial charge on any atom is 0.173 e. The molecule has 2 aromatic rings. The van der Waals surface area contributed by atoms with Gasteiger partial charge in [0.15, 0.2) is 5.11 Å². The quantitative estimate of drug-likeness (QED) is 0.629. The lowest BCUT2D eigenvalue weighted by atomic mass is 9.98. The molecule has 1 N–H and O–H groups in total. The number of aromatic nitrogens is 1. The molecule has 0 spiro atoms. The Morgan fingerprint density at radius 3 is 2.29 bits per heavy atom. The molecule has 0 atom stereocenters. The fourth-order valence-electron chi connectivity index (χ4n) is 4.07. The number of anilines is 2. The lowest BCUT2D eigenvalue weighted by Crippen LogP contribution is -2.39. The summed E-state index contributed by atoms with van der Waals surface area (Å²) < 4.78 is 1.25. The Hall–Kier alpha value is -1.40. The van der Waals surface area contributed by atoms with Gasteiger partial charge in [0, 0.05) is 31.6 Å². The zero-order chi connectivity index (χ0) is 19.7. The summed E-state index contributed by atoms with van der Waals surface area (Å²) >= 11 is 7.60. The van der Waals surface area contributed by atoms with Crippen LogP contribution in [-0.2, 0) is 5.41 Å². The Kier molecular flexibility index (Phi) is 5.79. The summed E-state index contributed by atoms with van der Waals surface area (Å²) in [5.41, 5.74) is 3.60. The molecule has 0 saturated carbocycles. The summed E-state index contributed by atoms with van der Waals surface area (Å²) in [4.78, 5) is 9.81. The molecule has 3 heterocycles. The van der Waals surface area contributed by atoms with E-state index in [1.807, 2.05) is 11.3 Å². The molecule has 2 saturated heterocycles. The van der Waals surface area contributed by atoms with Crippen LogP contribution >= 0.6 is 23.6 Å². The van der Waals surface area contributed by atoms with Crippen LogP contribution in [0.15, 0.2) is 12.1 Å². The molecule has 0 radical (unpaired) electrons. The number of fused-ring (bicyclic) bond motifs is 1. The van der Waals surface area contributed by atoms with Gasteiger partial charge in [-0.2, -0.15) is 0 Å². The number of likely N-dealkylation sites (tertiary alicyclic amines) is 1. The second-order valence-corrected chi connectivity index (χ2v) is 10.5. The van der Waals surface area contributed by atoms with Gasteiger partial charge in [0.2, 0.25) is 0 Å². The molecule has 4 nitrogen and oxygen atoms in total. The fourth-order valence-corrected chi connectivity index (χ4v) is 5.41. The van der Waals surface area contributed by atoms with Crippen molar-refractivity contribution < 1.29 is 0 Å². The van der Waals surface area contributed by atoms with Crippen molar-refractivity contribution in [2.75, 3.05) is 36.4 Å². The zero-order valence-corrected chi connectivity index (χ0v) is 19.0. The number of hydrogen-bond acceptors (Lipinski definition) is 4. The van der Waals surface area contributed by atoms with Gasteiger partial charge in [-0.05, 0) is 62.9 Å². The van der Waals surface area contributed by atoms with E-state index >= 15 is 0 Å². The number of thiocarbonyl (C=S) groups is 1. The largest absolute Gasteiger partial charge is 0.370 e. The number of hydrogen-bond donors (Lipinski definition) is 1. The van der Waals surface area contributed by atoms with Crippen molar-refractivity contribution in [2.24, 2.45) is 0 Å². The third-order valence-corrected chi connectivity index (χ3v) is 7.53. The summed E-state index contributed by atoms with van der Waals surface area (Å²) in [6.07, 6.45) is 7.66. The third-order valence-electron chi connectivity index (χ3n) is 5.73. The summed E-state index contributed by atoms with van der Waals surface area (Å²) in [5.74, 6) is 0. The van der Waals surface area contributed by atoms with Crippen molar-refractivity contribution in [3.05, 3.63) is 17.1 Å². The molecule has 2 aliphatic heterocycles. The lowest BCUT2D eigenvalue weighted by Gasteiger charge is -2.33. The van der Waals surface area contributed by atoms with Crippen LogP contribution in [0.1, 0.15) is 64.3 Å². The number of thiazole rings is 1. The van der Waals surface area contributed by atoms with Crippen molar-refractivity contribution >= 4 is 50.3 Å². The maximum atomic E-state index is 5.79. The zero-order valence-electron chi connectivity index (χ0n) is 17.4. The molecule has 0 unspecified atom stereocenters. The molecule has 28 heavy (non-hydrogen) atoms. The van der Waals surface area contributed by atoms with E-state index in [1.165, 1.54) is 53.9 Å². The summed E-state index contributed by atoms with van der Waals surface area (Å²) in [7, 11) is 0. The molecule has 4 rings (SSSR count). The second kappa shape index (κ2) is 8.15. The highest BCUT2D eigenvalue weighted by atomic mass is 32.1. The van der Waals surface area contributed by atoms with Gasteiger partial charge in [-0.1, -0.05) is 20.8 Å². The summed E-state index contributed by atoms with van der Waals surface area (Å²) in [6.45, 7) is 11.1. The van der Waals surface area contributed by atoms with Crippen LogP contribution in [0.3, 0.4) is 0 Å². The Labute approximate surface area is 178 Å². The average molecular weight is 417 g/mol. The van der Waals surface area contributed by atoms with E-state index in [-0.39, 0.29) is 5.41 Å². The van der Waals surface area contributed by atoms with E-state index < -0.39 is 0 Å². The van der Waals surface area contributed by atoms with Crippen molar-refractivity contribution in [3.8, 4) is 0 Å². The van der Waals surface area contributed by atoms with Crippen LogP contribution in [0.4, 0.5) is 11.4 Å². The van der Waals surface area contributed by atoms with Crippen LogP contribution < -0.4 is 10.2 Å². The predicted molar refractivity (Wildman–Crippen MR) is 126 cm³/mol. The van der Waals surface area contributed by atoms with Gasteiger partial charge >= 0.3 is 0 Å². The van der Waals surface area contributed by atoms with Gasteiger partial charge in [0.05, 0.1) is 26.6 Å².